The van der Waals surface area contributed by atoms with Crippen LogP contribution >= 0.6 is 15.9 Å². The number of carbonyl (C=O) groups is 1. The fourth-order valence-corrected chi connectivity index (χ4v) is 2.97. The molecule has 1 aliphatic rings. The van der Waals surface area contributed by atoms with E-state index in [2.05, 4.69) is 15.9 Å². The number of hydrogen-bond donors (Lipinski definition) is 0. The van der Waals surface area contributed by atoms with Crippen molar-refractivity contribution in [2.45, 2.75) is 38.5 Å². The Kier molecular flexibility index (Phi) is 5.63. The van der Waals surface area contributed by atoms with Gasteiger partial charge >= 0.3 is 0 Å². The molecule has 5 heteroatoms. The molecule has 0 aliphatic heterocycles. The normalized spacial score (nSPS) is 14.7. The van der Waals surface area contributed by atoms with Gasteiger partial charge in [-0.3, -0.25) is 4.79 Å². The molecule has 132 valence electrons. The lowest BCUT2D eigenvalue weighted by Gasteiger charge is -2.26. The van der Waals surface area contributed by atoms with Gasteiger partial charge in [-0.2, -0.15) is 0 Å². The van der Waals surface area contributed by atoms with Crippen molar-refractivity contribution in [3.8, 4) is 11.5 Å². The van der Waals surface area contributed by atoms with Crippen molar-refractivity contribution < 1.29 is 14.3 Å². The molecular weight excluding hydrogens is 382 g/mol. The number of methoxy groups -OCH3 is 1. The van der Waals surface area contributed by atoms with Crippen molar-refractivity contribution in [1.82, 2.24) is 4.90 Å². The number of carbonyl (C=O) groups excluding carboxylic acids is 1. The van der Waals surface area contributed by atoms with Crippen molar-refractivity contribution in [3.05, 3.63) is 58.6 Å². The summed E-state index contributed by atoms with van der Waals surface area (Å²) < 4.78 is 12.0. The van der Waals surface area contributed by atoms with Gasteiger partial charge in [0.2, 0.25) is 0 Å². The summed E-state index contributed by atoms with van der Waals surface area (Å²) in [6.45, 7) is 2.41. The Bertz CT molecular complexity index is 711. The van der Waals surface area contributed by atoms with E-state index in [0.717, 1.165) is 28.6 Å². The van der Waals surface area contributed by atoms with Crippen LogP contribution in [0.3, 0.4) is 0 Å². The van der Waals surface area contributed by atoms with E-state index in [-0.39, 0.29) is 5.91 Å². The van der Waals surface area contributed by atoms with Gasteiger partial charge in [0, 0.05) is 17.1 Å². The summed E-state index contributed by atoms with van der Waals surface area (Å²) in [6.07, 6.45) is 1.61. The van der Waals surface area contributed by atoms with E-state index in [1.807, 2.05) is 60.4 Å². The molecule has 1 aliphatic carbocycles. The van der Waals surface area contributed by atoms with E-state index < -0.39 is 6.10 Å². The number of rotatable bonds is 7. The predicted molar refractivity (Wildman–Crippen MR) is 101 cm³/mol. The lowest BCUT2D eigenvalue weighted by molar-refractivity contribution is -0.139. The van der Waals surface area contributed by atoms with Crippen LogP contribution in [0, 0.1) is 0 Å². The molecule has 0 aromatic heterocycles. The molecule has 0 bridgehead atoms. The molecule has 1 fully saturated rings. The minimum absolute atomic E-state index is 0.0289. The SMILES string of the molecule is COc1ccc(CN(C(=O)[C@H](C)Oc2ccc(Br)cc2)C2CC2)cc1. The lowest BCUT2D eigenvalue weighted by atomic mass is 10.2. The van der Waals surface area contributed by atoms with Crippen LogP contribution in [0.25, 0.3) is 0 Å². The Morgan fingerprint density at radius 2 is 1.72 bits per heavy atom. The number of halogens is 1. The molecule has 3 rings (SSSR count). The largest absolute Gasteiger partial charge is 0.497 e. The molecule has 0 unspecified atom stereocenters. The summed E-state index contributed by atoms with van der Waals surface area (Å²) in [4.78, 5) is 14.8. The molecule has 1 atom stereocenters. The summed E-state index contributed by atoms with van der Waals surface area (Å²) in [5.41, 5.74) is 1.09. The smallest absolute Gasteiger partial charge is 0.263 e. The van der Waals surface area contributed by atoms with Crippen LogP contribution in [0.1, 0.15) is 25.3 Å². The molecule has 2 aromatic rings. The first-order valence-electron chi connectivity index (χ1n) is 8.42. The second-order valence-electron chi connectivity index (χ2n) is 6.26. The number of amides is 1. The molecule has 0 radical (unpaired) electrons. The van der Waals surface area contributed by atoms with Crippen molar-refractivity contribution in [3.63, 3.8) is 0 Å². The third-order valence-electron chi connectivity index (χ3n) is 4.26. The van der Waals surface area contributed by atoms with Gasteiger partial charge in [0.25, 0.3) is 5.91 Å². The summed E-state index contributed by atoms with van der Waals surface area (Å²) in [7, 11) is 1.65. The van der Waals surface area contributed by atoms with Crippen LogP contribution in [0.2, 0.25) is 0 Å². The zero-order valence-corrected chi connectivity index (χ0v) is 16.0. The van der Waals surface area contributed by atoms with E-state index in [4.69, 9.17) is 9.47 Å². The van der Waals surface area contributed by atoms with Crippen molar-refractivity contribution in [2.75, 3.05) is 7.11 Å². The maximum absolute atomic E-state index is 12.9. The molecule has 25 heavy (non-hydrogen) atoms. The van der Waals surface area contributed by atoms with Gasteiger partial charge in [0.05, 0.1) is 7.11 Å². The average Bonchev–Trinajstić information content (AvgIpc) is 3.46. The number of ether oxygens (including phenoxy) is 2. The predicted octanol–water partition coefficient (Wildman–Crippen LogP) is 4.42. The lowest BCUT2D eigenvalue weighted by Crippen LogP contribution is -2.41. The Morgan fingerprint density at radius 3 is 2.28 bits per heavy atom. The zero-order valence-electron chi connectivity index (χ0n) is 14.4. The van der Waals surface area contributed by atoms with Crippen LogP contribution in [0.5, 0.6) is 11.5 Å². The van der Waals surface area contributed by atoms with Gasteiger partial charge in [0.1, 0.15) is 11.5 Å². The molecule has 0 N–H and O–H groups in total. The van der Waals surface area contributed by atoms with Gasteiger partial charge in [-0.25, -0.2) is 0 Å². The molecular formula is C20H22BrNO3. The highest BCUT2D eigenvalue weighted by Gasteiger charge is 2.35. The van der Waals surface area contributed by atoms with Crippen molar-refractivity contribution >= 4 is 21.8 Å². The molecule has 1 saturated carbocycles. The Hall–Kier alpha value is -2.01. The van der Waals surface area contributed by atoms with Crippen molar-refractivity contribution in [1.29, 1.82) is 0 Å². The van der Waals surface area contributed by atoms with Crippen LogP contribution in [-0.2, 0) is 11.3 Å². The fraction of sp³-hybridized carbons (Fsp3) is 0.350. The van der Waals surface area contributed by atoms with Crippen LogP contribution in [-0.4, -0.2) is 30.1 Å². The highest BCUT2D eigenvalue weighted by atomic mass is 79.9. The molecule has 1 amide bonds. The second kappa shape index (κ2) is 7.91. The third-order valence-corrected chi connectivity index (χ3v) is 4.79. The third kappa shape index (κ3) is 4.75. The highest BCUT2D eigenvalue weighted by Crippen LogP contribution is 2.30. The van der Waals surface area contributed by atoms with Gasteiger partial charge in [-0.15, -0.1) is 0 Å². The first-order chi connectivity index (χ1) is 12.1. The maximum atomic E-state index is 12.9. The van der Waals surface area contributed by atoms with Crippen LogP contribution < -0.4 is 9.47 Å². The van der Waals surface area contributed by atoms with E-state index in [1.54, 1.807) is 7.11 Å². The summed E-state index contributed by atoms with van der Waals surface area (Å²) in [5.74, 6) is 1.55. The minimum Gasteiger partial charge on any atom is -0.497 e. The first-order valence-corrected chi connectivity index (χ1v) is 9.22. The number of hydrogen-bond acceptors (Lipinski definition) is 3. The van der Waals surface area contributed by atoms with E-state index in [1.165, 1.54) is 0 Å². The Morgan fingerprint density at radius 1 is 1.12 bits per heavy atom. The summed E-state index contributed by atoms with van der Waals surface area (Å²) in [5, 5.41) is 0. The van der Waals surface area contributed by atoms with Crippen LogP contribution in [0.4, 0.5) is 0 Å². The molecule has 0 heterocycles. The van der Waals surface area contributed by atoms with Gasteiger partial charge in [0.15, 0.2) is 6.10 Å². The fourth-order valence-electron chi connectivity index (χ4n) is 2.70. The minimum atomic E-state index is -0.514. The van der Waals surface area contributed by atoms with Crippen molar-refractivity contribution in [2.24, 2.45) is 0 Å². The second-order valence-corrected chi connectivity index (χ2v) is 7.18. The Balaban J connectivity index is 1.66. The van der Waals surface area contributed by atoms with E-state index in [9.17, 15) is 4.79 Å². The van der Waals surface area contributed by atoms with Gasteiger partial charge in [-0.1, -0.05) is 28.1 Å². The maximum Gasteiger partial charge on any atom is 0.263 e. The summed E-state index contributed by atoms with van der Waals surface area (Å²) in [6, 6.07) is 15.7. The monoisotopic (exact) mass is 403 g/mol. The van der Waals surface area contributed by atoms with Gasteiger partial charge in [-0.05, 0) is 61.7 Å². The van der Waals surface area contributed by atoms with Crippen LogP contribution in [0.15, 0.2) is 53.0 Å². The molecule has 0 saturated heterocycles. The van der Waals surface area contributed by atoms with Gasteiger partial charge < -0.3 is 14.4 Å². The molecule has 2 aromatic carbocycles. The quantitative estimate of drug-likeness (QED) is 0.686. The number of nitrogens with zero attached hydrogens (tertiary/aromatic N) is 1. The van der Waals surface area contributed by atoms with E-state index >= 15 is 0 Å². The topological polar surface area (TPSA) is 38.8 Å². The average molecular weight is 404 g/mol. The standard InChI is InChI=1S/C20H22BrNO3/c1-14(25-19-11-5-16(21)6-12-19)20(23)22(17-7-8-17)13-15-3-9-18(24-2)10-4-15/h3-6,9-12,14,17H,7-8,13H2,1-2H3/t14-/m0/s1. The molecule has 0 spiro atoms. The zero-order chi connectivity index (χ0) is 17.8. The Labute approximate surface area is 156 Å². The highest BCUT2D eigenvalue weighted by molar-refractivity contribution is 9.10. The summed E-state index contributed by atoms with van der Waals surface area (Å²) >= 11 is 3.40. The first kappa shape index (κ1) is 17.8. The van der Waals surface area contributed by atoms with E-state index in [0.29, 0.717) is 18.3 Å². The number of benzene rings is 2. The molecule has 4 nitrogen and oxygen atoms in total.